The molecule has 2 aromatic heterocycles. The number of rotatable bonds is 5. The minimum Gasteiger partial charge on any atom is -0.368 e. The van der Waals surface area contributed by atoms with Crippen molar-refractivity contribution in [1.82, 2.24) is 29.7 Å². The summed E-state index contributed by atoms with van der Waals surface area (Å²) >= 11 is 1.56. The van der Waals surface area contributed by atoms with E-state index in [4.69, 9.17) is 11.5 Å². The molecule has 3 heterocycles. The molecule has 0 amide bonds. The predicted octanol–water partition coefficient (Wildman–Crippen LogP) is 0.855. The van der Waals surface area contributed by atoms with Crippen LogP contribution in [0.25, 0.3) is 0 Å². The van der Waals surface area contributed by atoms with Crippen molar-refractivity contribution in [2.24, 2.45) is 0 Å². The third-order valence-electron chi connectivity index (χ3n) is 3.99. The van der Waals surface area contributed by atoms with E-state index in [0.717, 1.165) is 24.2 Å². The van der Waals surface area contributed by atoms with Gasteiger partial charge < -0.3 is 16.4 Å². The van der Waals surface area contributed by atoms with Gasteiger partial charge in [-0.05, 0) is 25.7 Å². The highest BCUT2D eigenvalue weighted by atomic mass is 32.2. The first-order chi connectivity index (χ1) is 11.2. The molecule has 1 aliphatic heterocycles. The van der Waals surface area contributed by atoms with Crippen molar-refractivity contribution in [1.29, 1.82) is 0 Å². The van der Waals surface area contributed by atoms with Crippen LogP contribution in [0.1, 0.15) is 37.5 Å². The van der Waals surface area contributed by atoms with Crippen molar-refractivity contribution in [3.63, 3.8) is 0 Å². The summed E-state index contributed by atoms with van der Waals surface area (Å²) in [6.07, 6.45) is 4.84. The molecule has 23 heavy (non-hydrogen) atoms. The fraction of sp³-hybridized carbons (Fsp3) is 0.615. The van der Waals surface area contributed by atoms with Crippen LogP contribution in [0.5, 0.6) is 0 Å². The molecule has 2 aromatic rings. The van der Waals surface area contributed by atoms with Gasteiger partial charge in [-0.1, -0.05) is 11.8 Å². The first kappa shape index (κ1) is 14.5. The largest absolute Gasteiger partial charge is 0.368 e. The monoisotopic (exact) mass is 333 g/mol. The van der Waals surface area contributed by atoms with Crippen molar-refractivity contribution in [2.45, 2.75) is 42.6 Å². The molecule has 10 heteroatoms. The number of anilines is 3. The third-order valence-corrected chi connectivity index (χ3v) is 4.93. The Bertz CT molecular complexity index is 685. The second-order valence-corrected chi connectivity index (χ2v) is 6.78. The van der Waals surface area contributed by atoms with E-state index in [-0.39, 0.29) is 11.9 Å². The second-order valence-electron chi connectivity index (χ2n) is 5.83. The Morgan fingerprint density at radius 2 is 1.70 bits per heavy atom. The van der Waals surface area contributed by atoms with Crippen LogP contribution in [0.2, 0.25) is 0 Å². The molecule has 0 atom stereocenters. The average molecular weight is 333 g/mol. The molecule has 0 aromatic carbocycles. The van der Waals surface area contributed by atoms with E-state index in [1.165, 1.54) is 25.7 Å². The molecule has 2 fully saturated rings. The molecule has 1 saturated heterocycles. The lowest BCUT2D eigenvalue weighted by Gasteiger charge is -2.17. The first-order valence-corrected chi connectivity index (χ1v) is 8.78. The van der Waals surface area contributed by atoms with E-state index >= 15 is 0 Å². The highest BCUT2D eigenvalue weighted by Gasteiger charge is 2.32. The Hall–Kier alpha value is -2.10. The molecule has 4 rings (SSSR count). The van der Waals surface area contributed by atoms with E-state index < -0.39 is 0 Å². The highest BCUT2D eigenvalue weighted by Crippen LogP contribution is 2.41. The van der Waals surface area contributed by atoms with Crippen LogP contribution in [-0.2, 0) is 5.75 Å². The molecular weight excluding hydrogens is 314 g/mol. The molecule has 4 N–H and O–H groups in total. The number of nitrogens with two attached hydrogens (primary N) is 2. The zero-order valence-electron chi connectivity index (χ0n) is 12.7. The smallest absolute Gasteiger partial charge is 0.228 e. The molecule has 2 aliphatic rings. The minimum atomic E-state index is 0.148. The summed E-state index contributed by atoms with van der Waals surface area (Å²) in [5.74, 6) is 2.40. The van der Waals surface area contributed by atoms with Crippen molar-refractivity contribution >= 4 is 29.6 Å². The van der Waals surface area contributed by atoms with E-state index in [9.17, 15) is 0 Å². The van der Waals surface area contributed by atoms with Gasteiger partial charge in [0.05, 0.1) is 5.75 Å². The highest BCUT2D eigenvalue weighted by molar-refractivity contribution is 7.98. The topological polar surface area (TPSA) is 125 Å². The van der Waals surface area contributed by atoms with E-state index in [1.54, 1.807) is 11.8 Å². The fourth-order valence-electron chi connectivity index (χ4n) is 2.80. The Labute approximate surface area is 137 Å². The van der Waals surface area contributed by atoms with Crippen LogP contribution in [0.3, 0.4) is 0 Å². The molecule has 0 radical (unpaired) electrons. The Balaban J connectivity index is 1.54. The molecule has 1 aliphatic carbocycles. The van der Waals surface area contributed by atoms with Crippen LogP contribution < -0.4 is 16.4 Å². The Kier molecular flexibility index (Phi) is 3.68. The molecule has 0 unspecified atom stereocenters. The standard InChI is InChI=1S/C13H19N9S/c14-10-16-9(17-11(15)18-10)7-23-13-20-19-12(21-5-1-2-6-21)22(13)8-3-4-8/h8H,1-7H2,(H4,14,15,16,17,18). The van der Waals surface area contributed by atoms with Gasteiger partial charge in [0, 0.05) is 19.1 Å². The third kappa shape index (κ3) is 3.03. The van der Waals surface area contributed by atoms with Gasteiger partial charge in [0.1, 0.15) is 5.82 Å². The number of nitrogen functional groups attached to an aromatic ring is 2. The van der Waals surface area contributed by atoms with Gasteiger partial charge in [0.15, 0.2) is 5.16 Å². The lowest BCUT2D eigenvalue weighted by Crippen LogP contribution is -2.22. The number of nitrogens with zero attached hydrogens (tertiary/aromatic N) is 7. The summed E-state index contributed by atoms with van der Waals surface area (Å²) < 4.78 is 2.27. The summed E-state index contributed by atoms with van der Waals surface area (Å²) in [7, 11) is 0. The first-order valence-electron chi connectivity index (χ1n) is 7.79. The molecule has 122 valence electrons. The maximum absolute atomic E-state index is 5.61. The number of hydrogen-bond acceptors (Lipinski definition) is 9. The van der Waals surface area contributed by atoms with Gasteiger partial charge in [-0.2, -0.15) is 15.0 Å². The minimum absolute atomic E-state index is 0.148. The average Bonchev–Trinajstić information content (AvgIpc) is 3.05. The summed E-state index contributed by atoms with van der Waals surface area (Å²) in [5, 5.41) is 9.71. The number of aromatic nitrogens is 6. The normalized spacial score (nSPS) is 17.8. The van der Waals surface area contributed by atoms with Gasteiger partial charge in [-0.15, -0.1) is 10.2 Å². The molecule has 0 bridgehead atoms. The van der Waals surface area contributed by atoms with Gasteiger partial charge in [0.25, 0.3) is 0 Å². The lowest BCUT2D eigenvalue weighted by atomic mass is 10.4. The van der Waals surface area contributed by atoms with Gasteiger partial charge in [-0.25, -0.2) is 0 Å². The second kappa shape index (κ2) is 5.84. The number of thioether (sulfide) groups is 1. The zero-order chi connectivity index (χ0) is 15.8. The molecule has 9 nitrogen and oxygen atoms in total. The SMILES string of the molecule is Nc1nc(N)nc(CSc2nnc(N3CCCC3)n2C2CC2)n1. The van der Waals surface area contributed by atoms with Crippen LogP contribution >= 0.6 is 11.8 Å². The summed E-state index contributed by atoms with van der Waals surface area (Å²) in [6, 6.07) is 0.525. The maximum atomic E-state index is 5.61. The van der Waals surface area contributed by atoms with Gasteiger partial charge >= 0.3 is 0 Å². The van der Waals surface area contributed by atoms with Gasteiger partial charge in [0.2, 0.25) is 17.8 Å². The summed E-state index contributed by atoms with van der Waals surface area (Å²) in [6.45, 7) is 2.13. The van der Waals surface area contributed by atoms with Crippen LogP contribution in [0, 0.1) is 0 Å². The Morgan fingerprint density at radius 1 is 1.00 bits per heavy atom. The van der Waals surface area contributed by atoms with Gasteiger partial charge in [-0.3, -0.25) is 4.57 Å². The quantitative estimate of drug-likeness (QED) is 0.766. The fourth-order valence-corrected chi connectivity index (χ4v) is 3.66. The van der Waals surface area contributed by atoms with Crippen LogP contribution in [-0.4, -0.2) is 42.8 Å². The van der Waals surface area contributed by atoms with Crippen LogP contribution in [0.4, 0.5) is 17.8 Å². The van der Waals surface area contributed by atoms with Crippen LogP contribution in [0.15, 0.2) is 5.16 Å². The summed E-state index contributed by atoms with van der Waals surface area (Å²) in [4.78, 5) is 14.3. The van der Waals surface area contributed by atoms with E-state index in [0.29, 0.717) is 17.6 Å². The van der Waals surface area contributed by atoms with Crippen molar-refractivity contribution in [3.8, 4) is 0 Å². The van der Waals surface area contributed by atoms with E-state index in [2.05, 4.69) is 34.6 Å². The van der Waals surface area contributed by atoms with E-state index in [1.807, 2.05) is 0 Å². The van der Waals surface area contributed by atoms with Crippen molar-refractivity contribution < 1.29 is 0 Å². The zero-order valence-corrected chi connectivity index (χ0v) is 13.5. The number of hydrogen-bond donors (Lipinski definition) is 2. The maximum Gasteiger partial charge on any atom is 0.228 e. The van der Waals surface area contributed by atoms with Crippen molar-refractivity contribution in [2.75, 3.05) is 29.5 Å². The lowest BCUT2D eigenvalue weighted by molar-refractivity contribution is 0.651. The van der Waals surface area contributed by atoms with Crippen molar-refractivity contribution in [3.05, 3.63) is 5.82 Å². The molecule has 0 spiro atoms. The molecule has 1 saturated carbocycles. The predicted molar refractivity (Wildman–Crippen MR) is 88.0 cm³/mol. The summed E-state index contributed by atoms with van der Waals surface area (Å²) in [5.41, 5.74) is 11.2. The molecular formula is C13H19N9S. The Morgan fingerprint density at radius 3 is 2.35 bits per heavy atom.